The number of nitrogens with one attached hydrogen (secondary N) is 2. The number of thiazole rings is 1. The van der Waals surface area contributed by atoms with E-state index in [0.717, 1.165) is 26.8 Å². The minimum absolute atomic E-state index is 0.0563. The first-order chi connectivity index (χ1) is 15.0. The van der Waals surface area contributed by atoms with Crippen molar-refractivity contribution in [2.45, 2.75) is 20.8 Å². The number of aromatic nitrogens is 6. The molecule has 11 heteroatoms. The number of aryl methyl sites for hydroxylation is 3. The standard InChI is InChI=1S/C20H23N9OS/c1-12-11-16(25-24-12)22-18-15-5-4-6-29(15)26-20(23-18)28-9-7-27(8-10-28)19(30)17-13(2)21-14(3)31-17/h4-6,11H,7-10H2,1-3H3,(H2,22,23,24,25,26). The van der Waals surface area contributed by atoms with Crippen molar-refractivity contribution in [2.24, 2.45) is 0 Å². The molecule has 1 fully saturated rings. The van der Waals surface area contributed by atoms with Crippen LogP contribution in [0.2, 0.25) is 0 Å². The summed E-state index contributed by atoms with van der Waals surface area (Å²) < 4.78 is 1.81. The summed E-state index contributed by atoms with van der Waals surface area (Å²) in [5.41, 5.74) is 2.64. The Labute approximate surface area is 182 Å². The Balaban J connectivity index is 1.35. The zero-order chi connectivity index (χ0) is 21.5. The predicted octanol–water partition coefficient (Wildman–Crippen LogP) is 2.54. The number of hydrogen-bond acceptors (Lipinski definition) is 8. The van der Waals surface area contributed by atoms with Gasteiger partial charge in [-0.15, -0.1) is 16.4 Å². The molecule has 5 heterocycles. The number of carbonyl (C=O) groups is 1. The molecule has 1 saturated heterocycles. The first-order valence-corrected chi connectivity index (χ1v) is 10.9. The third kappa shape index (κ3) is 3.72. The summed E-state index contributed by atoms with van der Waals surface area (Å²) in [6.45, 7) is 8.33. The van der Waals surface area contributed by atoms with E-state index in [2.05, 4.69) is 30.5 Å². The van der Waals surface area contributed by atoms with Gasteiger partial charge in [-0.05, 0) is 32.9 Å². The van der Waals surface area contributed by atoms with Gasteiger partial charge < -0.3 is 15.1 Å². The largest absolute Gasteiger partial charge is 0.336 e. The van der Waals surface area contributed by atoms with Crippen molar-refractivity contribution in [2.75, 3.05) is 36.4 Å². The summed E-state index contributed by atoms with van der Waals surface area (Å²) in [6.07, 6.45) is 1.90. The van der Waals surface area contributed by atoms with Crippen LogP contribution in [-0.4, -0.2) is 66.8 Å². The first-order valence-electron chi connectivity index (χ1n) is 10.1. The van der Waals surface area contributed by atoms with Crippen molar-refractivity contribution in [3.05, 3.63) is 45.7 Å². The van der Waals surface area contributed by atoms with Crippen molar-refractivity contribution >= 4 is 40.3 Å². The highest BCUT2D eigenvalue weighted by Gasteiger charge is 2.26. The van der Waals surface area contributed by atoms with Gasteiger partial charge in [0, 0.05) is 44.1 Å². The lowest BCUT2D eigenvalue weighted by atomic mass is 10.3. The Bertz CT molecular complexity index is 1250. The summed E-state index contributed by atoms with van der Waals surface area (Å²) >= 11 is 1.46. The molecule has 1 amide bonds. The van der Waals surface area contributed by atoms with Gasteiger partial charge in [-0.3, -0.25) is 9.89 Å². The van der Waals surface area contributed by atoms with Gasteiger partial charge in [0.25, 0.3) is 5.91 Å². The molecule has 2 N–H and O–H groups in total. The quantitative estimate of drug-likeness (QED) is 0.505. The molecule has 0 bridgehead atoms. The zero-order valence-electron chi connectivity index (χ0n) is 17.6. The topological polar surface area (TPSA) is 107 Å². The maximum atomic E-state index is 12.9. The Morgan fingerprint density at radius 1 is 1.16 bits per heavy atom. The van der Waals surface area contributed by atoms with Crippen LogP contribution in [0.3, 0.4) is 0 Å². The minimum Gasteiger partial charge on any atom is -0.336 e. The van der Waals surface area contributed by atoms with Crippen LogP contribution >= 0.6 is 11.3 Å². The van der Waals surface area contributed by atoms with E-state index in [0.29, 0.717) is 43.8 Å². The van der Waals surface area contributed by atoms with Crippen LogP contribution in [0.15, 0.2) is 24.4 Å². The molecule has 0 aromatic carbocycles. The number of nitrogens with zero attached hydrogens (tertiary/aromatic N) is 7. The Kier molecular flexibility index (Phi) is 4.81. The van der Waals surface area contributed by atoms with Crippen LogP contribution in [0.25, 0.3) is 5.52 Å². The van der Waals surface area contributed by atoms with Gasteiger partial charge in [0.15, 0.2) is 11.6 Å². The van der Waals surface area contributed by atoms with Gasteiger partial charge in [-0.2, -0.15) is 10.1 Å². The number of amides is 1. The Morgan fingerprint density at radius 2 is 1.97 bits per heavy atom. The molecule has 160 valence electrons. The monoisotopic (exact) mass is 437 g/mol. The summed E-state index contributed by atoms with van der Waals surface area (Å²) in [4.78, 5) is 26.8. The summed E-state index contributed by atoms with van der Waals surface area (Å²) in [5.74, 6) is 2.07. The Morgan fingerprint density at radius 3 is 2.65 bits per heavy atom. The van der Waals surface area contributed by atoms with E-state index in [1.165, 1.54) is 11.3 Å². The van der Waals surface area contributed by atoms with Gasteiger partial charge in [0.2, 0.25) is 5.95 Å². The van der Waals surface area contributed by atoms with E-state index >= 15 is 0 Å². The highest BCUT2D eigenvalue weighted by atomic mass is 32.1. The SMILES string of the molecule is Cc1cc(Nc2nc(N3CCN(C(=O)c4sc(C)nc4C)CC3)nn3cccc23)n[nH]1. The number of carbonyl (C=O) groups excluding carboxylic acids is 1. The van der Waals surface area contributed by atoms with E-state index in [9.17, 15) is 4.79 Å². The second kappa shape index (κ2) is 7.65. The van der Waals surface area contributed by atoms with Crippen molar-refractivity contribution in [1.29, 1.82) is 0 Å². The second-order valence-electron chi connectivity index (χ2n) is 7.59. The molecular formula is C20H23N9OS. The van der Waals surface area contributed by atoms with Crippen LogP contribution in [0.4, 0.5) is 17.6 Å². The van der Waals surface area contributed by atoms with E-state index in [4.69, 9.17) is 4.98 Å². The highest BCUT2D eigenvalue weighted by molar-refractivity contribution is 7.13. The summed E-state index contributed by atoms with van der Waals surface area (Å²) in [5, 5.41) is 16.0. The average Bonchev–Trinajstić information content (AvgIpc) is 3.47. The van der Waals surface area contributed by atoms with Crippen LogP contribution in [-0.2, 0) is 0 Å². The third-order valence-electron chi connectivity index (χ3n) is 5.28. The van der Waals surface area contributed by atoms with Crippen LogP contribution in [0.1, 0.15) is 26.1 Å². The normalized spacial score (nSPS) is 14.4. The fraction of sp³-hybridized carbons (Fsp3) is 0.350. The molecule has 0 atom stereocenters. The molecule has 0 radical (unpaired) electrons. The van der Waals surface area contributed by atoms with Gasteiger partial charge in [-0.25, -0.2) is 9.50 Å². The van der Waals surface area contributed by atoms with Crippen molar-refractivity contribution in [3.63, 3.8) is 0 Å². The lowest BCUT2D eigenvalue weighted by molar-refractivity contribution is 0.0750. The van der Waals surface area contributed by atoms with Gasteiger partial charge in [-0.1, -0.05) is 0 Å². The molecular weight excluding hydrogens is 414 g/mol. The molecule has 1 aliphatic rings. The fourth-order valence-electron chi connectivity index (χ4n) is 3.74. The number of aromatic amines is 1. The van der Waals surface area contributed by atoms with Crippen LogP contribution in [0.5, 0.6) is 0 Å². The highest BCUT2D eigenvalue weighted by Crippen LogP contribution is 2.24. The summed E-state index contributed by atoms with van der Waals surface area (Å²) in [7, 11) is 0. The number of rotatable bonds is 4. The van der Waals surface area contributed by atoms with Crippen LogP contribution in [0, 0.1) is 20.8 Å². The molecule has 0 unspecified atom stereocenters. The maximum absolute atomic E-state index is 12.9. The number of fused-ring (bicyclic) bond motifs is 1. The molecule has 4 aromatic rings. The van der Waals surface area contributed by atoms with Crippen LogP contribution < -0.4 is 10.2 Å². The van der Waals surface area contributed by atoms with Crippen molar-refractivity contribution in [1.82, 2.24) is 34.7 Å². The van der Waals surface area contributed by atoms with Gasteiger partial charge in [0.1, 0.15) is 10.4 Å². The molecule has 4 aromatic heterocycles. The summed E-state index contributed by atoms with van der Waals surface area (Å²) in [6, 6.07) is 5.82. The third-order valence-corrected chi connectivity index (χ3v) is 6.34. The smallest absolute Gasteiger partial charge is 0.265 e. The molecule has 1 aliphatic heterocycles. The van der Waals surface area contributed by atoms with E-state index in [1.54, 1.807) is 0 Å². The molecule has 0 aliphatic carbocycles. The average molecular weight is 438 g/mol. The number of piperazine rings is 1. The minimum atomic E-state index is 0.0563. The van der Waals surface area contributed by atoms with E-state index in [-0.39, 0.29) is 5.91 Å². The molecule has 31 heavy (non-hydrogen) atoms. The van der Waals surface area contributed by atoms with E-state index in [1.807, 2.05) is 54.6 Å². The molecule has 5 rings (SSSR count). The number of hydrogen-bond donors (Lipinski definition) is 2. The van der Waals surface area contributed by atoms with E-state index < -0.39 is 0 Å². The molecule has 0 spiro atoms. The molecule has 10 nitrogen and oxygen atoms in total. The van der Waals surface area contributed by atoms with Crippen molar-refractivity contribution < 1.29 is 4.79 Å². The first kappa shape index (κ1) is 19.5. The fourth-order valence-corrected chi connectivity index (χ4v) is 4.62. The zero-order valence-corrected chi connectivity index (χ0v) is 18.4. The number of H-pyrrole nitrogens is 1. The van der Waals surface area contributed by atoms with Gasteiger partial charge >= 0.3 is 0 Å². The maximum Gasteiger partial charge on any atom is 0.265 e. The Hall–Kier alpha value is -3.47. The predicted molar refractivity (Wildman–Crippen MR) is 119 cm³/mol. The van der Waals surface area contributed by atoms with Gasteiger partial charge in [0.05, 0.1) is 10.7 Å². The molecule has 0 saturated carbocycles. The van der Waals surface area contributed by atoms with Crippen molar-refractivity contribution in [3.8, 4) is 0 Å². The second-order valence-corrected chi connectivity index (χ2v) is 8.79. The number of anilines is 3. The lowest BCUT2D eigenvalue weighted by Gasteiger charge is -2.34. The lowest BCUT2D eigenvalue weighted by Crippen LogP contribution is -2.49.